The summed E-state index contributed by atoms with van der Waals surface area (Å²) in [5.74, 6) is 0.926. The Hall–Kier alpha value is -4.06. The number of benzene rings is 2. The van der Waals surface area contributed by atoms with Crippen LogP contribution in [0.3, 0.4) is 0 Å². The number of rotatable bonds is 5. The van der Waals surface area contributed by atoms with Gasteiger partial charge in [0.25, 0.3) is 0 Å². The van der Waals surface area contributed by atoms with Crippen molar-refractivity contribution < 1.29 is 4.68 Å². The lowest BCUT2D eigenvalue weighted by atomic mass is 10.1. The first-order valence-electron chi connectivity index (χ1n) is 10.5. The number of hydrogen-bond acceptors (Lipinski definition) is 4. The largest absolute Gasteiger partial charge is 0.310 e. The molecule has 1 saturated carbocycles. The Morgan fingerprint density at radius 1 is 0.871 bits per heavy atom. The minimum Gasteiger partial charge on any atom is -0.310 e. The molecule has 6 heteroatoms. The third kappa shape index (κ3) is 3.53. The predicted molar refractivity (Wildman–Crippen MR) is 120 cm³/mol. The van der Waals surface area contributed by atoms with Crippen LogP contribution in [0, 0.1) is 0 Å². The predicted octanol–water partition coefficient (Wildman–Crippen LogP) is 4.66. The minimum absolute atomic E-state index is 0.549. The molecule has 3 heterocycles. The van der Waals surface area contributed by atoms with Crippen molar-refractivity contribution in [3.05, 3.63) is 91.6 Å². The zero-order chi connectivity index (χ0) is 20.6. The first kappa shape index (κ1) is 17.8. The molecule has 0 radical (unpaired) electrons. The van der Waals surface area contributed by atoms with Crippen LogP contribution in [-0.2, 0) is 0 Å². The zero-order valence-electron chi connectivity index (χ0n) is 16.9. The Bertz CT molecular complexity index is 1370. The molecule has 0 saturated heterocycles. The fourth-order valence-corrected chi connectivity index (χ4v) is 3.87. The van der Waals surface area contributed by atoms with Crippen molar-refractivity contribution in [1.82, 2.24) is 19.7 Å². The summed E-state index contributed by atoms with van der Waals surface area (Å²) in [5, 5.41) is 9.59. The van der Waals surface area contributed by atoms with Gasteiger partial charge in [-0.1, -0.05) is 35.0 Å². The molecular formula is C25H21N6+. The second kappa shape index (κ2) is 7.32. The molecule has 6 nitrogen and oxygen atoms in total. The lowest BCUT2D eigenvalue weighted by molar-refractivity contribution is -0.642. The van der Waals surface area contributed by atoms with Crippen LogP contribution in [0.25, 0.3) is 33.4 Å². The van der Waals surface area contributed by atoms with E-state index in [2.05, 4.69) is 67.6 Å². The summed E-state index contributed by atoms with van der Waals surface area (Å²) in [6, 6.07) is 23.4. The standard InChI is InChI=1S/C25H21N6/c1-2-7-24-19(4-1)14-21(16-26-24)18-10-12-30(13-11-18)29-22-6-3-5-20(15-22)25-28-27-17-31(25)23-8-9-23/h1-7,10-17,23,29H,8-9H2/q+1. The van der Waals surface area contributed by atoms with Crippen molar-refractivity contribution in [1.29, 1.82) is 0 Å². The van der Waals surface area contributed by atoms with Crippen molar-refractivity contribution >= 4 is 16.6 Å². The van der Waals surface area contributed by atoms with E-state index in [0.717, 1.165) is 39.1 Å². The molecule has 0 unspecified atom stereocenters. The summed E-state index contributed by atoms with van der Waals surface area (Å²) in [4.78, 5) is 4.57. The highest BCUT2D eigenvalue weighted by molar-refractivity contribution is 5.83. The van der Waals surface area contributed by atoms with E-state index in [-0.39, 0.29) is 0 Å². The first-order chi connectivity index (χ1) is 15.3. The Morgan fingerprint density at radius 3 is 2.61 bits per heavy atom. The molecule has 1 aliphatic rings. The highest BCUT2D eigenvalue weighted by Crippen LogP contribution is 2.37. The average molecular weight is 405 g/mol. The smallest absolute Gasteiger partial charge is 0.200 e. The van der Waals surface area contributed by atoms with Crippen LogP contribution in [0.2, 0.25) is 0 Å². The maximum atomic E-state index is 4.57. The van der Waals surface area contributed by atoms with Crippen LogP contribution in [-0.4, -0.2) is 19.7 Å². The van der Waals surface area contributed by atoms with Gasteiger partial charge in [0.1, 0.15) is 6.33 Å². The van der Waals surface area contributed by atoms with Gasteiger partial charge in [0.2, 0.25) is 0 Å². The lowest BCUT2D eigenvalue weighted by Crippen LogP contribution is -2.41. The van der Waals surface area contributed by atoms with Crippen molar-refractivity contribution in [3.63, 3.8) is 0 Å². The van der Waals surface area contributed by atoms with Gasteiger partial charge in [0.15, 0.2) is 18.2 Å². The van der Waals surface area contributed by atoms with Gasteiger partial charge in [-0.25, -0.2) is 0 Å². The van der Waals surface area contributed by atoms with Crippen LogP contribution < -0.4 is 10.1 Å². The quantitative estimate of drug-likeness (QED) is 0.432. The van der Waals surface area contributed by atoms with E-state index in [1.165, 1.54) is 12.8 Å². The van der Waals surface area contributed by atoms with E-state index >= 15 is 0 Å². The van der Waals surface area contributed by atoms with E-state index in [0.29, 0.717) is 6.04 Å². The van der Waals surface area contributed by atoms with Crippen molar-refractivity contribution in [2.45, 2.75) is 18.9 Å². The molecule has 0 bridgehead atoms. The maximum absolute atomic E-state index is 4.57. The van der Waals surface area contributed by atoms with Crippen molar-refractivity contribution in [2.24, 2.45) is 0 Å². The molecule has 3 aromatic heterocycles. The van der Waals surface area contributed by atoms with E-state index in [1.54, 1.807) is 0 Å². The molecular weight excluding hydrogens is 384 g/mol. The molecule has 6 rings (SSSR count). The maximum Gasteiger partial charge on any atom is 0.200 e. The van der Waals surface area contributed by atoms with Crippen LogP contribution in [0.4, 0.5) is 5.69 Å². The number of aromatic nitrogens is 5. The van der Waals surface area contributed by atoms with Crippen LogP contribution in [0.1, 0.15) is 18.9 Å². The molecule has 2 aromatic carbocycles. The molecule has 5 aromatic rings. The second-order valence-electron chi connectivity index (χ2n) is 7.90. The summed E-state index contributed by atoms with van der Waals surface area (Å²) in [7, 11) is 0. The van der Waals surface area contributed by atoms with E-state index in [9.17, 15) is 0 Å². The Labute approximate surface area is 179 Å². The number of anilines is 1. The molecule has 0 atom stereocenters. The van der Waals surface area contributed by atoms with E-state index in [4.69, 9.17) is 0 Å². The van der Waals surface area contributed by atoms with Gasteiger partial charge in [-0.05, 0) is 42.7 Å². The van der Waals surface area contributed by atoms with Gasteiger partial charge in [0.05, 0.1) is 11.2 Å². The Morgan fingerprint density at radius 2 is 1.74 bits per heavy atom. The first-order valence-corrected chi connectivity index (χ1v) is 10.5. The lowest BCUT2D eigenvalue weighted by Gasteiger charge is -2.07. The second-order valence-corrected chi connectivity index (χ2v) is 7.90. The molecule has 0 amide bonds. The van der Waals surface area contributed by atoms with Crippen LogP contribution in [0.15, 0.2) is 91.6 Å². The van der Waals surface area contributed by atoms with Gasteiger partial charge in [-0.3, -0.25) is 4.98 Å². The van der Waals surface area contributed by atoms with Gasteiger partial charge in [-0.2, -0.15) is 5.43 Å². The summed E-state index contributed by atoms with van der Waals surface area (Å²) in [6.07, 6.45) is 10.2. The number of nitrogens with zero attached hydrogens (tertiary/aromatic N) is 5. The SMILES string of the molecule is c1cc(N[n+]2ccc(-c3cnc4ccccc4c3)cc2)cc(-c2nncn2C2CC2)c1. The number of fused-ring (bicyclic) bond motifs is 1. The number of pyridine rings is 2. The molecule has 1 aliphatic carbocycles. The van der Waals surface area contributed by atoms with Crippen molar-refractivity contribution in [3.8, 4) is 22.5 Å². The molecule has 1 N–H and O–H groups in total. The van der Waals surface area contributed by atoms with Crippen LogP contribution >= 0.6 is 0 Å². The Balaban J connectivity index is 1.24. The number of nitrogens with one attached hydrogen (secondary N) is 1. The van der Waals surface area contributed by atoms with Gasteiger partial charge < -0.3 is 4.57 Å². The van der Waals surface area contributed by atoms with Crippen LogP contribution in [0.5, 0.6) is 0 Å². The molecule has 150 valence electrons. The molecule has 0 spiro atoms. The summed E-state index contributed by atoms with van der Waals surface area (Å²) >= 11 is 0. The Kier molecular flexibility index (Phi) is 4.20. The molecule has 1 fully saturated rings. The average Bonchev–Trinajstić information content (AvgIpc) is 3.55. The highest BCUT2D eigenvalue weighted by Gasteiger charge is 2.26. The van der Waals surface area contributed by atoms with Crippen molar-refractivity contribution in [2.75, 3.05) is 5.43 Å². The summed E-state index contributed by atoms with van der Waals surface area (Å²) in [5.41, 5.74) is 8.72. The summed E-state index contributed by atoms with van der Waals surface area (Å²) in [6.45, 7) is 0. The molecule has 31 heavy (non-hydrogen) atoms. The van der Waals surface area contributed by atoms with Gasteiger partial charge in [0, 0.05) is 40.9 Å². The fraction of sp³-hybridized carbons (Fsp3) is 0.120. The van der Waals surface area contributed by atoms with Gasteiger partial charge in [-0.15, -0.1) is 10.2 Å². The number of para-hydroxylation sites is 1. The number of hydrogen-bond donors (Lipinski definition) is 1. The minimum atomic E-state index is 0.549. The van der Waals surface area contributed by atoms with Gasteiger partial charge >= 0.3 is 0 Å². The monoisotopic (exact) mass is 405 g/mol. The van der Waals surface area contributed by atoms with E-state index < -0.39 is 0 Å². The fourth-order valence-electron chi connectivity index (χ4n) is 3.87. The third-order valence-electron chi connectivity index (χ3n) is 5.65. The normalized spacial score (nSPS) is 13.4. The topological polar surface area (TPSA) is 59.5 Å². The molecule has 0 aliphatic heterocycles. The zero-order valence-corrected chi connectivity index (χ0v) is 16.9. The van der Waals surface area contributed by atoms with E-state index in [1.807, 2.05) is 53.9 Å². The third-order valence-corrected chi connectivity index (χ3v) is 5.65. The highest BCUT2D eigenvalue weighted by atomic mass is 15.4. The summed E-state index contributed by atoms with van der Waals surface area (Å²) < 4.78 is 4.13.